The Bertz CT molecular complexity index is 1390. The van der Waals surface area contributed by atoms with Crippen molar-refractivity contribution in [2.75, 3.05) is 20.8 Å². The average Bonchev–Trinajstić information content (AvgIpc) is 2.90. The third-order valence-electron chi connectivity index (χ3n) is 5.80. The maximum Gasteiger partial charge on any atom is 0.343 e. The number of carbonyl (C=O) groups is 1. The van der Waals surface area contributed by atoms with Gasteiger partial charge in [-0.05, 0) is 47.9 Å². The van der Waals surface area contributed by atoms with Crippen LogP contribution in [0.4, 0.5) is 0 Å². The Hall–Kier alpha value is -4.64. The van der Waals surface area contributed by atoms with Crippen LogP contribution in [0.15, 0.2) is 72.1 Å². The topological polar surface area (TPSA) is 113 Å². The number of carbonyl (C=O) groups excluding carboxylic acids is 1. The van der Waals surface area contributed by atoms with Crippen LogP contribution in [0.1, 0.15) is 41.3 Å². The van der Waals surface area contributed by atoms with E-state index in [-0.39, 0.29) is 17.2 Å². The second-order valence-corrected chi connectivity index (χ2v) is 8.86. The molecule has 1 atom stereocenters. The lowest BCUT2D eigenvalue weighted by Crippen LogP contribution is -2.21. The number of ether oxygens (including phenoxy) is 5. The molecule has 0 saturated carbocycles. The van der Waals surface area contributed by atoms with E-state index < -0.39 is 11.9 Å². The van der Waals surface area contributed by atoms with Gasteiger partial charge in [0.1, 0.15) is 28.9 Å². The fourth-order valence-corrected chi connectivity index (χ4v) is 4.00. The smallest absolute Gasteiger partial charge is 0.343 e. The van der Waals surface area contributed by atoms with Crippen molar-refractivity contribution in [2.24, 2.45) is 11.7 Å². The van der Waals surface area contributed by atoms with E-state index in [1.807, 2.05) is 18.2 Å². The summed E-state index contributed by atoms with van der Waals surface area (Å²) in [4.78, 5) is 12.7. The van der Waals surface area contributed by atoms with Crippen molar-refractivity contribution >= 4 is 5.97 Å². The van der Waals surface area contributed by atoms with E-state index in [9.17, 15) is 10.1 Å². The summed E-state index contributed by atoms with van der Waals surface area (Å²) in [6.45, 7) is 4.67. The fraction of sp³-hybridized carbons (Fsp3) is 0.241. The highest BCUT2D eigenvalue weighted by atomic mass is 16.5. The Balaban J connectivity index is 1.67. The van der Waals surface area contributed by atoms with Gasteiger partial charge in [0.25, 0.3) is 0 Å². The molecule has 2 N–H and O–H groups in total. The number of nitriles is 1. The van der Waals surface area contributed by atoms with Gasteiger partial charge in [0, 0.05) is 11.6 Å². The summed E-state index contributed by atoms with van der Waals surface area (Å²) in [5, 5.41) is 9.88. The van der Waals surface area contributed by atoms with Crippen molar-refractivity contribution in [2.45, 2.75) is 19.8 Å². The van der Waals surface area contributed by atoms with Crippen LogP contribution in [-0.4, -0.2) is 26.8 Å². The summed E-state index contributed by atoms with van der Waals surface area (Å²) < 4.78 is 27.9. The minimum Gasteiger partial charge on any atom is -0.497 e. The number of methoxy groups -OCH3 is 2. The van der Waals surface area contributed by atoms with Gasteiger partial charge in [0.15, 0.2) is 11.5 Å². The molecule has 0 aliphatic carbocycles. The van der Waals surface area contributed by atoms with Crippen molar-refractivity contribution in [1.82, 2.24) is 0 Å². The summed E-state index contributed by atoms with van der Waals surface area (Å²) >= 11 is 0. The quantitative estimate of drug-likeness (QED) is 0.333. The van der Waals surface area contributed by atoms with Gasteiger partial charge in [-0.15, -0.1) is 0 Å². The number of hydrogen-bond acceptors (Lipinski definition) is 8. The summed E-state index contributed by atoms with van der Waals surface area (Å²) in [7, 11) is 3.09. The number of nitrogens with two attached hydrogens (primary N) is 1. The zero-order chi connectivity index (χ0) is 26.5. The first-order valence-corrected chi connectivity index (χ1v) is 11.7. The van der Waals surface area contributed by atoms with Crippen LogP contribution in [0.2, 0.25) is 0 Å². The molecule has 4 rings (SSSR count). The number of hydrogen-bond donors (Lipinski definition) is 1. The van der Waals surface area contributed by atoms with Crippen molar-refractivity contribution in [3.63, 3.8) is 0 Å². The highest BCUT2D eigenvalue weighted by Gasteiger charge is 2.32. The minimum absolute atomic E-state index is 0.0182. The Morgan fingerprint density at radius 3 is 2.54 bits per heavy atom. The molecule has 1 heterocycles. The third-order valence-corrected chi connectivity index (χ3v) is 5.80. The molecule has 0 radical (unpaired) electrons. The first-order valence-electron chi connectivity index (χ1n) is 11.7. The van der Waals surface area contributed by atoms with Crippen molar-refractivity contribution in [3.05, 3.63) is 88.8 Å². The Morgan fingerprint density at radius 1 is 1.03 bits per heavy atom. The number of esters is 1. The molecule has 1 aliphatic heterocycles. The maximum absolute atomic E-state index is 12.7. The fourth-order valence-electron chi connectivity index (χ4n) is 4.00. The Morgan fingerprint density at radius 2 is 1.84 bits per heavy atom. The molecule has 0 amide bonds. The maximum atomic E-state index is 12.7. The largest absolute Gasteiger partial charge is 0.497 e. The number of allylic oxidation sites excluding steroid dienone is 1. The molecule has 1 aliphatic rings. The van der Waals surface area contributed by atoms with Gasteiger partial charge in [-0.3, -0.25) is 0 Å². The number of benzene rings is 3. The van der Waals surface area contributed by atoms with Crippen LogP contribution in [0.3, 0.4) is 0 Å². The minimum atomic E-state index is -0.547. The monoisotopic (exact) mass is 500 g/mol. The van der Waals surface area contributed by atoms with Gasteiger partial charge in [-0.2, -0.15) is 5.26 Å². The zero-order valence-electron chi connectivity index (χ0n) is 21.1. The van der Waals surface area contributed by atoms with Crippen molar-refractivity contribution in [1.29, 1.82) is 5.26 Å². The van der Waals surface area contributed by atoms with E-state index >= 15 is 0 Å². The molecule has 190 valence electrons. The molecule has 0 saturated heterocycles. The lowest BCUT2D eigenvalue weighted by molar-refractivity contribution is 0.0734. The van der Waals surface area contributed by atoms with E-state index in [4.69, 9.17) is 29.4 Å². The molecule has 8 heteroatoms. The van der Waals surface area contributed by atoms with Crippen molar-refractivity contribution in [3.8, 4) is 34.8 Å². The van der Waals surface area contributed by atoms with E-state index in [0.29, 0.717) is 46.6 Å². The Labute approximate surface area is 215 Å². The van der Waals surface area contributed by atoms with Crippen LogP contribution in [0.25, 0.3) is 0 Å². The molecular formula is C29H28N2O6. The molecule has 1 unspecified atom stereocenters. The molecule has 0 fully saturated rings. The van der Waals surface area contributed by atoms with E-state index in [1.165, 1.54) is 7.11 Å². The summed E-state index contributed by atoms with van der Waals surface area (Å²) in [6, 6.07) is 19.4. The van der Waals surface area contributed by atoms with Crippen LogP contribution in [-0.2, 0) is 0 Å². The average molecular weight is 501 g/mol. The molecule has 0 bridgehead atoms. The van der Waals surface area contributed by atoms with E-state index in [2.05, 4.69) is 19.9 Å². The molecule has 37 heavy (non-hydrogen) atoms. The van der Waals surface area contributed by atoms with Crippen LogP contribution in [0, 0.1) is 17.2 Å². The molecule has 0 aromatic heterocycles. The van der Waals surface area contributed by atoms with E-state index in [0.717, 1.165) is 5.56 Å². The zero-order valence-corrected chi connectivity index (χ0v) is 21.1. The molecule has 0 spiro atoms. The molecule has 3 aromatic carbocycles. The van der Waals surface area contributed by atoms with Gasteiger partial charge in [-0.1, -0.05) is 32.0 Å². The van der Waals surface area contributed by atoms with Crippen molar-refractivity contribution < 1.29 is 28.5 Å². The summed E-state index contributed by atoms with van der Waals surface area (Å²) in [6.07, 6.45) is 0. The Kier molecular flexibility index (Phi) is 7.54. The lowest BCUT2D eigenvalue weighted by atomic mass is 9.83. The third kappa shape index (κ3) is 5.46. The predicted octanol–water partition coefficient (Wildman–Crippen LogP) is 5.18. The number of rotatable bonds is 8. The van der Waals surface area contributed by atoms with Crippen LogP contribution in [0.5, 0.6) is 28.7 Å². The highest BCUT2D eigenvalue weighted by Crippen LogP contribution is 2.45. The second-order valence-electron chi connectivity index (χ2n) is 8.86. The summed E-state index contributed by atoms with van der Waals surface area (Å²) in [5.41, 5.74) is 8.23. The normalized spacial score (nSPS) is 14.3. The van der Waals surface area contributed by atoms with Gasteiger partial charge in [-0.25, -0.2) is 4.79 Å². The van der Waals surface area contributed by atoms with Gasteiger partial charge in [0.2, 0.25) is 5.88 Å². The first kappa shape index (κ1) is 25.5. The first-order chi connectivity index (χ1) is 17.8. The van der Waals surface area contributed by atoms with Crippen LogP contribution >= 0.6 is 0 Å². The van der Waals surface area contributed by atoms with Crippen LogP contribution < -0.4 is 29.4 Å². The molecule has 3 aromatic rings. The number of fused-ring (bicyclic) bond motifs is 1. The highest BCUT2D eigenvalue weighted by molar-refractivity contribution is 5.91. The summed E-state index contributed by atoms with van der Waals surface area (Å²) in [5.74, 6) is 1.64. The van der Waals surface area contributed by atoms with Gasteiger partial charge in [0.05, 0.1) is 32.3 Å². The standard InChI is InChI=1S/C29H28N2O6/c1-17(2)16-35-24-11-8-18(13-26(24)34-4)27-22-10-9-21(14-25(22)37-28(31)23(27)15-30)36-29(32)19-6-5-7-20(12-19)33-3/h5-14,17,27H,16,31H2,1-4H3. The number of nitrogens with zero attached hydrogens (tertiary/aromatic N) is 1. The SMILES string of the molecule is COc1cccc(C(=O)Oc2ccc3c(c2)OC(N)=C(C#N)C3c2ccc(OCC(C)C)c(OC)c2)c1. The van der Waals surface area contributed by atoms with Gasteiger partial charge >= 0.3 is 5.97 Å². The predicted molar refractivity (Wildman–Crippen MR) is 137 cm³/mol. The van der Waals surface area contributed by atoms with E-state index in [1.54, 1.807) is 49.6 Å². The van der Waals surface area contributed by atoms with Gasteiger partial charge < -0.3 is 29.4 Å². The lowest BCUT2D eigenvalue weighted by Gasteiger charge is -2.27. The molecule has 8 nitrogen and oxygen atoms in total. The second kappa shape index (κ2) is 11.0. The molecular weight excluding hydrogens is 472 g/mol.